The molecule has 3 aliphatic heterocycles. The van der Waals surface area contributed by atoms with Gasteiger partial charge in [0.2, 0.25) is 5.91 Å². The summed E-state index contributed by atoms with van der Waals surface area (Å²) in [7, 11) is 0. The highest BCUT2D eigenvalue weighted by Gasteiger charge is 2.34. The standard InChI is InChI=1S/C20H31N3OS/c24-20(22-8-1-2-9-22)18-4-3-10-23(15-18)19-5-11-21(12-6-19)14-17-7-13-25-16-17/h7,13,16,18-19H,1-6,8-12,14-15H2/t18-/m0/s1. The van der Waals surface area contributed by atoms with Crippen LogP contribution in [0.4, 0.5) is 0 Å². The molecular weight excluding hydrogens is 330 g/mol. The second-order valence-electron chi connectivity index (χ2n) is 8.01. The number of carbonyl (C=O) groups excluding carboxylic acids is 1. The van der Waals surface area contributed by atoms with E-state index in [-0.39, 0.29) is 5.92 Å². The number of amides is 1. The van der Waals surface area contributed by atoms with Crippen LogP contribution in [0.25, 0.3) is 0 Å². The van der Waals surface area contributed by atoms with Gasteiger partial charge in [0, 0.05) is 32.2 Å². The fourth-order valence-corrected chi connectivity index (χ4v) is 5.48. The van der Waals surface area contributed by atoms with E-state index in [0.717, 1.165) is 32.6 Å². The van der Waals surface area contributed by atoms with E-state index in [0.29, 0.717) is 11.9 Å². The van der Waals surface area contributed by atoms with Gasteiger partial charge in [0.1, 0.15) is 0 Å². The Labute approximate surface area is 155 Å². The Balaban J connectivity index is 1.26. The number of hydrogen-bond acceptors (Lipinski definition) is 4. The summed E-state index contributed by atoms with van der Waals surface area (Å²) < 4.78 is 0. The molecule has 1 amide bonds. The molecule has 0 saturated carbocycles. The molecule has 0 aromatic carbocycles. The van der Waals surface area contributed by atoms with Crippen LogP contribution in [0, 0.1) is 5.92 Å². The fourth-order valence-electron chi connectivity index (χ4n) is 4.82. The zero-order valence-electron chi connectivity index (χ0n) is 15.2. The van der Waals surface area contributed by atoms with E-state index in [4.69, 9.17) is 0 Å². The zero-order valence-corrected chi connectivity index (χ0v) is 16.1. The smallest absolute Gasteiger partial charge is 0.226 e. The summed E-state index contributed by atoms with van der Waals surface area (Å²) in [6, 6.07) is 2.93. The van der Waals surface area contributed by atoms with Gasteiger partial charge in [0.25, 0.3) is 0 Å². The Morgan fingerprint density at radius 1 is 1.04 bits per heavy atom. The lowest BCUT2D eigenvalue weighted by molar-refractivity contribution is -0.136. The minimum Gasteiger partial charge on any atom is -0.342 e. The maximum Gasteiger partial charge on any atom is 0.226 e. The summed E-state index contributed by atoms with van der Waals surface area (Å²) in [6.45, 7) is 7.69. The van der Waals surface area contributed by atoms with E-state index in [9.17, 15) is 4.79 Å². The van der Waals surface area contributed by atoms with Gasteiger partial charge in [-0.25, -0.2) is 0 Å². The maximum absolute atomic E-state index is 12.8. The summed E-state index contributed by atoms with van der Waals surface area (Å²) in [5.41, 5.74) is 1.46. The number of rotatable bonds is 4. The van der Waals surface area contributed by atoms with Gasteiger partial charge in [0.15, 0.2) is 0 Å². The van der Waals surface area contributed by atoms with E-state index in [1.54, 1.807) is 11.3 Å². The summed E-state index contributed by atoms with van der Waals surface area (Å²) >= 11 is 1.79. The van der Waals surface area contributed by atoms with Crippen molar-refractivity contribution in [2.24, 2.45) is 5.92 Å². The van der Waals surface area contributed by atoms with E-state index in [2.05, 4.69) is 31.5 Å². The first-order chi connectivity index (χ1) is 12.3. The number of piperidine rings is 2. The Morgan fingerprint density at radius 3 is 2.56 bits per heavy atom. The lowest BCUT2D eigenvalue weighted by Crippen LogP contribution is -2.50. The lowest BCUT2D eigenvalue weighted by Gasteiger charge is -2.42. The van der Waals surface area contributed by atoms with Crippen LogP contribution in [-0.2, 0) is 11.3 Å². The predicted molar refractivity (Wildman–Crippen MR) is 103 cm³/mol. The second kappa shape index (κ2) is 8.19. The van der Waals surface area contributed by atoms with Gasteiger partial charge in [-0.1, -0.05) is 0 Å². The Morgan fingerprint density at radius 2 is 1.84 bits per heavy atom. The minimum atomic E-state index is 0.260. The maximum atomic E-state index is 12.8. The molecule has 25 heavy (non-hydrogen) atoms. The minimum absolute atomic E-state index is 0.260. The van der Waals surface area contributed by atoms with Crippen LogP contribution in [0.15, 0.2) is 16.8 Å². The van der Waals surface area contributed by atoms with Gasteiger partial charge in [-0.2, -0.15) is 11.3 Å². The normalized spacial score (nSPS) is 27.0. The Hall–Kier alpha value is -0.910. The largest absolute Gasteiger partial charge is 0.342 e. The molecule has 0 unspecified atom stereocenters. The molecular formula is C20H31N3OS. The van der Waals surface area contributed by atoms with Gasteiger partial charge in [-0.05, 0) is 80.5 Å². The quantitative estimate of drug-likeness (QED) is 0.825. The third-order valence-electron chi connectivity index (χ3n) is 6.28. The van der Waals surface area contributed by atoms with Crippen LogP contribution in [-0.4, -0.2) is 65.9 Å². The summed E-state index contributed by atoms with van der Waals surface area (Å²) in [6.07, 6.45) is 7.21. The van der Waals surface area contributed by atoms with Crippen molar-refractivity contribution in [3.05, 3.63) is 22.4 Å². The van der Waals surface area contributed by atoms with Crippen molar-refractivity contribution in [2.75, 3.05) is 39.3 Å². The molecule has 4 nitrogen and oxygen atoms in total. The number of thiophene rings is 1. The molecule has 4 rings (SSSR count). The zero-order chi connectivity index (χ0) is 17.1. The summed E-state index contributed by atoms with van der Waals surface area (Å²) in [5.74, 6) is 0.702. The van der Waals surface area contributed by atoms with E-state index >= 15 is 0 Å². The van der Waals surface area contributed by atoms with Crippen molar-refractivity contribution in [3.63, 3.8) is 0 Å². The van der Waals surface area contributed by atoms with Crippen LogP contribution in [0.1, 0.15) is 44.1 Å². The molecule has 3 aliphatic rings. The molecule has 1 atom stereocenters. The third kappa shape index (κ3) is 4.26. The highest BCUT2D eigenvalue weighted by molar-refractivity contribution is 7.07. The predicted octanol–water partition coefficient (Wildman–Crippen LogP) is 3.05. The molecule has 0 N–H and O–H groups in total. The van der Waals surface area contributed by atoms with Gasteiger partial charge in [-0.15, -0.1) is 0 Å². The van der Waals surface area contributed by atoms with Gasteiger partial charge in [0.05, 0.1) is 5.92 Å². The van der Waals surface area contributed by atoms with Crippen molar-refractivity contribution in [2.45, 2.75) is 51.1 Å². The van der Waals surface area contributed by atoms with Gasteiger partial charge >= 0.3 is 0 Å². The first-order valence-electron chi connectivity index (χ1n) is 10.1. The molecule has 3 fully saturated rings. The topological polar surface area (TPSA) is 26.8 Å². The number of nitrogens with zero attached hydrogens (tertiary/aromatic N) is 3. The van der Waals surface area contributed by atoms with Crippen molar-refractivity contribution >= 4 is 17.2 Å². The molecule has 3 saturated heterocycles. The Kier molecular flexibility index (Phi) is 5.73. The van der Waals surface area contributed by atoms with Crippen LogP contribution >= 0.6 is 11.3 Å². The van der Waals surface area contributed by atoms with Gasteiger partial charge < -0.3 is 4.90 Å². The highest BCUT2D eigenvalue weighted by atomic mass is 32.1. The molecule has 0 spiro atoms. The molecule has 5 heteroatoms. The SMILES string of the molecule is O=C([C@H]1CCCN(C2CCN(Cc3ccsc3)CC2)C1)N1CCCC1. The van der Waals surface area contributed by atoms with Crippen LogP contribution in [0.3, 0.4) is 0 Å². The van der Waals surface area contributed by atoms with Crippen molar-refractivity contribution < 1.29 is 4.79 Å². The molecule has 0 aliphatic carbocycles. The number of likely N-dealkylation sites (tertiary alicyclic amines) is 3. The van der Waals surface area contributed by atoms with Crippen LogP contribution in [0.5, 0.6) is 0 Å². The van der Waals surface area contributed by atoms with Crippen molar-refractivity contribution in [1.82, 2.24) is 14.7 Å². The fraction of sp³-hybridized carbons (Fsp3) is 0.750. The van der Waals surface area contributed by atoms with Crippen LogP contribution in [0.2, 0.25) is 0 Å². The average molecular weight is 362 g/mol. The van der Waals surface area contributed by atoms with E-state index in [1.165, 1.54) is 57.3 Å². The number of hydrogen-bond donors (Lipinski definition) is 0. The Bertz CT molecular complexity index is 547. The third-order valence-corrected chi connectivity index (χ3v) is 7.01. The molecule has 0 radical (unpaired) electrons. The van der Waals surface area contributed by atoms with Crippen molar-refractivity contribution in [1.29, 1.82) is 0 Å². The highest BCUT2D eigenvalue weighted by Crippen LogP contribution is 2.26. The molecule has 4 heterocycles. The monoisotopic (exact) mass is 361 g/mol. The molecule has 1 aromatic rings. The average Bonchev–Trinajstić information content (AvgIpc) is 3.36. The first-order valence-corrected chi connectivity index (χ1v) is 11.0. The van der Waals surface area contributed by atoms with Gasteiger partial charge in [-0.3, -0.25) is 14.6 Å². The van der Waals surface area contributed by atoms with Crippen molar-refractivity contribution in [3.8, 4) is 0 Å². The molecule has 0 bridgehead atoms. The molecule has 1 aromatic heterocycles. The summed E-state index contributed by atoms with van der Waals surface area (Å²) in [5, 5.41) is 4.44. The van der Waals surface area contributed by atoms with E-state index < -0.39 is 0 Å². The summed E-state index contributed by atoms with van der Waals surface area (Å²) in [4.78, 5) is 20.1. The lowest BCUT2D eigenvalue weighted by atomic mass is 9.93. The molecule has 138 valence electrons. The first kappa shape index (κ1) is 17.5. The second-order valence-corrected chi connectivity index (χ2v) is 8.79. The van der Waals surface area contributed by atoms with E-state index in [1.807, 2.05) is 0 Å². The number of carbonyl (C=O) groups is 1. The van der Waals surface area contributed by atoms with Crippen LogP contribution < -0.4 is 0 Å².